The molecule has 3 rings (SSSR count). The zero-order valence-electron chi connectivity index (χ0n) is 14.5. The molecule has 0 fully saturated rings. The van der Waals surface area contributed by atoms with E-state index in [4.69, 9.17) is 35.4 Å². The molecule has 3 aromatic rings. The summed E-state index contributed by atoms with van der Waals surface area (Å²) in [4.78, 5) is 0.365. The van der Waals surface area contributed by atoms with Gasteiger partial charge in [-0.1, -0.05) is 47.6 Å². The highest BCUT2D eigenvalue weighted by molar-refractivity contribution is 7.81. The van der Waals surface area contributed by atoms with Crippen molar-refractivity contribution in [2.24, 2.45) is 0 Å². The molecule has 27 heavy (non-hydrogen) atoms. The van der Waals surface area contributed by atoms with E-state index in [1.807, 2.05) is 55.7 Å². The van der Waals surface area contributed by atoms with Gasteiger partial charge in [-0.05, 0) is 48.9 Å². The van der Waals surface area contributed by atoms with Crippen LogP contribution in [0.3, 0.4) is 0 Å². The summed E-state index contributed by atoms with van der Waals surface area (Å²) in [6.07, 6.45) is 3.64. The van der Waals surface area contributed by atoms with Gasteiger partial charge in [0, 0.05) is 33.4 Å². The third kappa shape index (κ3) is 4.48. The van der Waals surface area contributed by atoms with Crippen molar-refractivity contribution in [3.05, 3.63) is 94.2 Å². The largest absolute Gasteiger partial charge is 0.502 e. The predicted octanol–water partition coefficient (Wildman–Crippen LogP) is 5.91. The minimum Gasteiger partial charge on any atom is -0.502 e. The molecule has 2 N–H and O–H groups in total. The van der Waals surface area contributed by atoms with Gasteiger partial charge in [0.25, 0.3) is 5.70 Å². The van der Waals surface area contributed by atoms with Crippen molar-refractivity contribution in [2.75, 3.05) is 5.32 Å². The monoisotopic (exact) mass is 415 g/mol. The summed E-state index contributed by atoms with van der Waals surface area (Å²) in [7, 11) is 0. The Morgan fingerprint density at radius 1 is 0.963 bits per heavy atom. The van der Waals surface area contributed by atoms with E-state index in [1.54, 1.807) is 28.8 Å². The first-order valence-corrected chi connectivity index (χ1v) is 9.36. The Hall–Kier alpha value is -2.40. The third-order valence-corrected chi connectivity index (χ3v) is 5.00. The molecule has 3 nitrogen and oxygen atoms in total. The second-order valence-corrected chi connectivity index (χ2v) is 7.11. The van der Waals surface area contributed by atoms with Gasteiger partial charge in [0.2, 0.25) is 0 Å². The fraction of sp³-hybridized carbons (Fsp3) is 0.0476. The van der Waals surface area contributed by atoms with Gasteiger partial charge in [-0.3, -0.25) is 0 Å². The lowest BCUT2D eigenvalue weighted by atomic mass is 10.1. The maximum atomic E-state index is 11.0. The van der Waals surface area contributed by atoms with Crippen molar-refractivity contribution < 1.29 is 9.67 Å². The smallest absolute Gasteiger partial charge is 0.288 e. The molecule has 0 aliphatic rings. The first-order valence-electron chi connectivity index (χ1n) is 8.19. The van der Waals surface area contributed by atoms with E-state index < -0.39 is 0 Å². The number of aliphatic hydroxyl groups is 1. The summed E-state index contributed by atoms with van der Waals surface area (Å²) in [5.74, 6) is 0.0417. The molecule has 136 valence electrons. The molecule has 6 heteroatoms. The Balaban J connectivity index is 2.07. The average molecular weight is 416 g/mol. The molecule has 2 aromatic carbocycles. The average Bonchev–Trinajstić information content (AvgIpc) is 2.67. The van der Waals surface area contributed by atoms with Gasteiger partial charge in [-0.25, -0.2) is 0 Å². The number of rotatable bonds is 4. The number of benzene rings is 2. The molecule has 0 spiro atoms. The molecular weight excluding hydrogens is 399 g/mol. The van der Waals surface area contributed by atoms with Crippen LogP contribution in [0.25, 0.3) is 11.5 Å². The van der Waals surface area contributed by atoms with Crippen LogP contribution in [-0.2, 0) is 0 Å². The van der Waals surface area contributed by atoms with Gasteiger partial charge in [0.15, 0.2) is 23.1 Å². The van der Waals surface area contributed by atoms with E-state index in [0.29, 0.717) is 26.3 Å². The Morgan fingerprint density at radius 3 is 2.30 bits per heavy atom. The lowest BCUT2D eigenvalue weighted by Crippen LogP contribution is -2.38. The Morgan fingerprint density at radius 2 is 1.63 bits per heavy atom. The summed E-state index contributed by atoms with van der Waals surface area (Å²) in [5, 5.41) is 15.4. The van der Waals surface area contributed by atoms with E-state index in [1.165, 1.54) is 0 Å². The summed E-state index contributed by atoms with van der Waals surface area (Å²) in [6.45, 7) is 1.91. The van der Waals surface area contributed by atoms with E-state index in [-0.39, 0.29) is 5.76 Å². The molecule has 0 bridgehead atoms. The first-order chi connectivity index (χ1) is 13.0. The SMILES string of the molecule is Cc1c(Cl)cccc1NC(=S)/C(=C(\O)c1ccc(Cl)cc1)[n+]1ccccc1. The van der Waals surface area contributed by atoms with Gasteiger partial charge in [-0.15, -0.1) is 0 Å². The van der Waals surface area contributed by atoms with Crippen molar-refractivity contribution in [3.8, 4) is 0 Å². The zero-order chi connectivity index (χ0) is 19.4. The minimum atomic E-state index is 0.0417. The van der Waals surface area contributed by atoms with Crippen LogP contribution in [0.15, 0.2) is 73.1 Å². The molecule has 0 aliphatic heterocycles. The number of aromatic nitrogens is 1. The van der Waals surface area contributed by atoms with Gasteiger partial charge >= 0.3 is 0 Å². The molecule has 0 saturated carbocycles. The lowest BCUT2D eigenvalue weighted by molar-refractivity contribution is -0.575. The maximum absolute atomic E-state index is 11.0. The molecule has 0 atom stereocenters. The topological polar surface area (TPSA) is 36.1 Å². The highest BCUT2D eigenvalue weighted by Gasteiger charge is 2.24. The van der Waals surface area contributed by atoms with E-state index in [2.05, 4.69) is 5.32 Å². The number of hydrogen-bond donors (Lipinski definition) is 2. The van der Waals surface area contributed by atoms with Crippen molar-refractivity contribution in [3.63, 3.8) is 0 Å². The number of halogens is 2. The second kappa shape index (κ2) is 8.53. The van der Waals surface area contributed by atoms with Crippen LogP contribution < -0.4 is 9.88 Å². The highest BCUT2D eigenvalue weighted by Crippen LogP contribution is 2.25. The van der Waals surface area contributed by atoms with E-state index >= 15 is 0 Å². The normalized spacial score (nSPS) is 11.7. The van der Waals surface area contributed by atoms with Crippen LogP contribution in [0.4, 0.5) is 5.69 Å². The maximum Gasteiger partial charge on any atom is 0.288 e. The predicted molar refractivity (Wildman–Crippen MR) is 116 cm³/mol. The molecule has 0 aliphatic carbocycles. The van der Waals surface area contributed by atoms with Crippen LogP contribution in [0.2, 0.25) is 10.0 Å². The Labute approximate surface area is 173 Å². The molecule has 0 amide bonds. The highest BCUT2D eigenvalue weighted by atomic mass is 35.5. The number of pyridine rings is 1. The fourth-order valence-electron chi connectivity index (χ4n) is 2.56. The van der Waals surface area contributed by atoms with Crippen molar-refractivity contribution in [2.45, 2.75) is 6.92 Å². The molecule has 1 heterocycles. The molecule has 0 saturated heterocycles. The quantitative estimate of drug-likeness (QED) is 0.240. The number of thiocarbonyl (C=S) groups is 1. The van der Waals surface area contributed by atoms with Crippen molar-refractivity contribution in [1.82, 2.24) is 0 Å². The Kier molecular flexibility index (Phi) is 6.11. The lowest BCUT2D eigenvalue weighted by Gasteiger charge is -2.12. The van der Waals surface area contributed by atoms with Gasteiger partial charge in [0.05, 0.1) is 0 Å². The standard InChI is InChI=1S/C21H16Cl2N2OS/c1-14-17(23)6-5-7-18(14)24-21(27)19(25-12-3-2-4-13-25)20(26)15-8-10-16(22)11-9-15/h2-13H,1H3,(H-,24,26,27)/p+1. The number of nitrogens with one attached hydrogen (secondary N) is 1. The van der Waals surface area contributed by atoms with Gasteiger partial charge < -0.3 is 10.4 Å². The minimum absolute atomic E-state index is 0.0417. The van der Waals surface area contributed by atoms with Gasteiger partial charge in [0.1, 0.15) is 0 Å². The molecular formula is C21H17Cl2N2OS+. The van der Waals surface area contributed by atoms with Crippen molar-refractivity contribution >= 4 is 57.6 Å². The summed E-state index contributed by atoms with van der Waals surface area (Å²) >= 11 is 17.8. The van der Waals surface area contributed by atoms with E-state index in [9.17, 15) is 5.11 Å². The van der Waals surface area contributed by atoms with Crippen LogP contribution in [0.1, 0.15) is 11.1 Å². The second-order valence-electron chi connectivity index (χ2n) is 5.85. The summed E-state index contributed by atoms with van der Waals surface area (Å²) in [6, 6.07) is 18.1. The first kappa shape index (κ1) is 19.4. The van der Waals surface area contributed by atoms with Crippen LogP contribution in [0.5, 0.6) is 0 Å². The van der Waals surface area contributed by atoms with E-state index in [0.717, 1.165) is 11.3 Å². The van der Waals surface area contributed by atoms with Crippen molar-refractivity contribution in [1.29, 1.82) is 0 Å². The fourth-order valence-corrected chi connectivity index (χ4v) is 3.18. The molecule has 1 aromatic heterocycles. The number of aliphatic hydroxyl groups excluding tert-OH is 1. The van der Waals surface area contributed by atoms with Crippen LogP contribution >= 0.6 is 35.4 Å². The van der Waals surface area contributed by atoms with Crippen LogP contribution in [-0.4, -0.2) is 10.1 Å². The zero-order valence-corrected chi connectivity index (χ0v) is 16.8. The molecule has 0 radical (unpaired) electrons. The number of hydrogen-bond acceptors (Lipinski definition) is 2. The third-order valence-electron chi connectivity index (χ3n) is 4.05. The number of nitrogens with zero attached hydrogens (tertiary/aromatic N) is 1. The summed E-state index contributed by atoms with van der Waals surface area (Å²) in [5.41, 5.74) is 2.72. The number of anilines is 1. The summed E-state index contributed by atoms with van der Waals surface area (Å²) < 4.78 is 1.76. The molecule has 0 unspecified atom stereocenters. The van der Waals surface area contributed by atoms with Crippen LogP contribution in [0, 0.1) is 6.92 Å². The van der Waals surface area contributed by atoms with Gasteiger partial charge in [-0.2, -0.15) is 4.57 Å². The Bertz CT molecular complexity index is 1000.